The fourth-order valence-electron chi connectivity index (χ4n) is 3.59. The summed E-state index contributed by atoms with van der Waals surface area (Å²) in [6, 6.07) is 11.7. The van der Waals surface area contributed by atoms with Crippen LogP contribution in [0.15, 0.2) is 36.4 Å². The first-order valence-electron chi connectivity index (χ1n) is 10.1. The van der Waals surface area contributed by atoms with Gasteiger partial charge in [0.25, 0.3) is 5.91 Å². The van der Waals surface area contributed by atoms with Crippen LogP contribution >= 0.6 is 11.6 Å². The van der Waals surface area contributed by atoms with Gasteiger partial charge in [0.15, 0.2) is 11.5 Å². The monoisotopic (exact) mass is 441 g/mol. The molecule has 1 aromatic heterocycles. The quantitative estimate of drug-likeness (QED) is 0.559. The Morgan fingerprint density at radius 2 is 1.71 bits per heavy atom. The molecule has 0 saturated heterocycles. The van der Waals surface area contributed by atoms with Gasteiger partial charge in [0.05, 0.1) is 38.1 Å². The van der Waals surface area contributed by atoms with Gasteiger partial charge in [-0.1, -0.05) is 41.4 Å². The largest absolute Gasteiger partial charge is 0.493 e. The summed E-state index contributed by atoms with van der Waals surface area (Å²) < 4.78 is 12.4. The molecule has 1 atom stereocenters. The second kappa shape index (κ2) is 9.43. The van der Waals surface area contributed by atoms with Crippen LogP contribution in [-0.2, 0) is 6.54 Å². The third-order valence-electron chi connectivity index (χ3n) is 5.33. The molecule has 0 aliphatic carbocycles. The molecule has 3 rings (SSSR count). The highest BCUT2D eigenvalue weighted by molar-refractivity contribution is 6.33. The van der Waals surface area contributed by atoms with Crippen molar-refractivity contribution in [1.82, 2.24) is 15.1 Å². The molecule has 2 aromatic carbocycles. The van der Waals surface area contributed by atoms with Gasteiger partial charge in [0.1, 0.15) is 5.15 Å². The SMILES string of the molecule is COc1cc(C)c(C(C)NC(=O)c2c(C)nn(Cc3ccc(C)cc3)c2Cl)cc1OC. The Morgan fingerprint density at radius 1 is 1.10 bits per heavy atom. The fraction of sp³-hybridized carbons (Fsp3) is 0.333. The van der Waals surface area contributed by atoms with E-state index in [9.17, 15) is 4.79 Å². The number of aromatic nitrogens is 2. The number of carbonyl (C=O) groups is 1. The normalized spacial score (nSPS) is 11.8. The molecule has 1 N–H and O–H groups in total. The second-order valence-corrected chi connectivity index (χ2v) is 8.01. The van der Waals surface area contributed by atoms with Crippen LogP contribution < -0.4 is 14.8 Å². The summed E-state index contributed by atoms with van der Waals surface area (Å²) >= 11 is 6.56. The number of halogens is 1. The van der Waals surface area contributed by atoms with Crippen molar-refractivity contribution in [1.29, 1.82) is 0 Å². The molecule has 0 spiro atoms. The van der Waals surface area contributed by atoms with Crippen molar-refractivity contribution in [3.63, 3.8) is 0 Å². The van der Waals surface area contributed by atoms with E-state index in [1.807, 2.05) is 57.2 Å². The summed E-state index contributed by atoms with van der Waals surface area (Å²) in [6.45, 7) is 8.22. The Morgan fingerprint density at radius 3 is 2.32 bits per heavy atom. The van der Waals surface area contributed by atoms with Gasteiger partial charge in [-0.25, -0.2) is 4.68 Å². The fourth-order valence-corrected chi connectivity index (χ4v) is 3.91. The first kappa shape index (κ1) is 22.7. The van der Waals surface area contributed by atoms with Gasteiger partial charge < -0.3 is 14.8 Å². The maximum Gasteiger partial charge on any atom is 0.256 e. The van der Waals surface area contributed by atoms with Gasteiger partial charge in [0.2, 0.25) is 0 Å². The molecule has 0 bridgehead atoms. The molecule has 0 aliphatic heterocycles. The minimum absolute atomic E-state index is 0.261. The number of aryl methyl sites for hydroxylation is 3. The van der Waals surface area contributed by atoms with Crippen molar-refractivity contribution >= 4 is 17.5 Å². The van der Waals surface area contributed by atoms with Crippen LogP contribution in [0.5, 0.6) is 11.5 Å². The number of methoxy groups -OCH3 is 2. The van der Waals surface area contributed by atoms with Crippen molar-refractivity contribution < 1.29 is 14.3 Å². The van der Waals surface area contributed by atoms with Crippen LogP contribution in [0.2, 0.25) is 5.15 Å². The van der Waals surface area contributed by atoms with Gasteiger partial charge in [-0.05, 0) is 56.5 Å². The van der Waals surface area contributed by atoms with Crippen LogP contribution in [0.3, 0.4) is 0 Å². The third-order valence-corrected chi connectivity index (χ3v) is 5.72. The number of rotatable bonds is 7. The second-order valence-electron chi connectivity index (χ2n) is 7.65. The van der Waals surface area contributed by atoms with Crippen molar-refractivity contribution in [2.75, 3.05) is 14.2 Å². The third kappa shape index (κ3) is 4.85. The predicted octanol–water partition coefficient (Wildman–Crippen LogP) is 5.02. The van der Waals surface area contributed by atoms with E-state index < -0.39 is 0 Å². The van der Waals surface area contributed by atoms with Gasteiger partial charge in [0, 0.05) is 0 Å². The van der Waals surface area contributed by atoms with Crippen LogP contribution in [-0.4, -0.2) is 29.9 Å². The van der Waals surface area contributed by atoms with E-state index in [2.05, 4.69) is 10.4 Å². The lowest BCUT2D eigenvalue weighted by molar-refractivity contribution is 0.0939. The number of hydrogen-bond acceptors (Lipinski definition) is 4. The topological polar surface area (TPSA) is 65.4 Å². The summed E-state index contributed by atoms with van der Waals surface area (Å²) in [7, 11) is 3.19. The Balaban J connectivity index is 1.82. The lowest BCUT2D eigenvalue weighted by Crippen LogP contribution is -2.27. The van der Waals surface area contributed by atoms with Gasteiger partial charge in [-0.15, -0.1) is 0 Å². The van der Waals surface area contributed by atoms with E-state index in [0.717, 1.165) is 16.7 Å². The predicted molar refractivity (Wildman–Crippen MR) is 122 cm³/mol. The van der Waals surface area contributed by atoms with E-state index in [0.29, 0.717) is 34.5 Å². The molecule has 31 heavy (non-hydrogen) atoms. The molecule has 0 fully saturated rings. The highest BCUT2D eigenvalue weighted by Crippen LogP contribution is 2.33. The minimum atomic E-state index is -0.264. The highest BCUT2D eigenvalue weighted by Gasteiger charge is 2.23. The number of nitrogens with one attached hydrogen (secondary N) is 1. The number of nitrogens with zero attached hydrogens (tertiary/aromatic N) is 2. The molecule has 3 aromatic rings. The Labute approximate surface area is 188 Å². The minimum Gasteiger partial charge on any atom is -0.493 e. The van der Waals surface area contributed by atoms with E-state index in [-0.39, 0.29) is 11.9 Å². The van der Waals surface area contributed by atoms with Gasteiger partial charge >= 0.3 is 0 Å². The number of ether oxygens (including phenoxy) is 2. The zero-order valence-electron chi connectivity index (χ0n) is 18.7. The molecule has 1 amide bonds. The molecule has 164 valence electrons. The molecule has 6 nitrogen and oxygen atoms in total. The molecule has 7 heteroatoms. The van der Waals surface area contributed by atoms with E-state index in [1.165, 1.54) is 5.56 Å². The molecule has 0 saturated carbocycles. The van der Waals surface area contributed by atoms with Crippen LogP contribution in [0.25, 0.3) is 0 Å². The van der Waals surface area contributed by atoms with Crippen molar-refractivity contribution in [3.8, 4) is 11.5 Å². The number of amides is 1. The Hall–Kier alpha value is -2.99. The standard InChI is InChI=1S/C24H28ClN3O3/c1-14-7-9-18(10-8-14)13-28-23(25)22(17(4)27-28)24(29)26-16(3)19-12-21(31-6)20(30-5)11-15(19)2/h7-12,16H,13H2,1-6H3,(H,26,29). The molecule has 0 aliphatic rings. The highest BCUT2D eigenvalue weighted by atomic mass is 35.5. The Kier molecular flexibility index (Phi) is 6.91. The van der Waals surface area contributed by atoms with Crippen molar-refractivity contribution in [2.24, 2.45) is 0 Å². The summed E-state index contributed by atoms with van der Waals surface area (Å²) in [4.78, 5) is 13.1. The summed E-state index contributed by atoms with van der Waals surface area (Å²) in [5.41, 5.74) is 5.15. The zero-order chi connectivity index (χ0) is 22.7. The molecule has 1 heterocycles. The first-order chi connectivity index (χ1) is 14.7. The van der Waals surface area contributed by atoms with E-state index >= 15 is 0 Å². The van der Waals surface area contributed by atoms with Crippen LogP contribution in [0.4, 0.5) is 0 Å². The smallest absolute Gasteiger partial charge is 0.256 e. The maximum atomic E-state index is 13.1. The van der Waals surface area contributed by atoms with E-state index in [1.54, 1.807) is 25.8 Å². The lowest BCUT2D eigenvalue weighted by Gasteiger charge is -2.19. The average Bonchev–Trinajstić information content (AvgIpc) is 3.02. The number of benzene rings is 2. The molecular weight excluding hydrogens is 414 g/mol. The number of hydrogen-bond donors (Lipinski definition) is 1. The molecular formula is C24H28ClN3O3. The van der Waals surface area contributed by atoms with Crippen LogP contribution in [0, 0.1) is 20.8 Å². The molecule has 1 unspecified atom stereocenters. The van der Waals surface area contributed by atoms with Crippen LogP contribution in [0.1, 0.15) is 51.3 Å². The average molecular weight is 442 g/mol. The van der Waals surface area contributed by atoms with Gasteiger partial charge in [-0.3, -0.25) is 4.79 Å². The lowest BCUT2D eigenvalue weighted by atomic mass is 10.0. The summed E-state index contributed by atoms with van der Waals surface area (Å²) in [5.74, 6) is 1.00. The number of carbonyl (C=O) groups excluding carboxylic acids is 1. The van der Waals surface area contributed by atoms with E-state index in [4.69, 9.17) is 21.1 Å². The van der Waals surface area contributed by atoms with Gasteiger partial charge in [-0.2, -0.15) is 5.10 Å². The zero-order valence-corrected chi connectivity index (χ0v) is 19.5. The first-order valence-corrected chi connectivity index (χ1v) is 10.4. The van der Waals surface area contributed by atoms with Crippen molar-refractivity contribution in [3.05, 3.63) is 75.1 Å². The Bertz CT molecular complexity index is 1090. The van der Waals surface area contributed by atoms with Crippen molar-refractivity contribution in [2.45, 2.75) is 40.3 Å². The molecule has 0 radical (unpaired) electrons. The summed E-state index contributed by atoms with van der Waals surface area (Å²) in [6.07, 6.45) is 0. The maximum absolute atomic E-state index is 13.1. The summed E-state index contributed by atoms with van der Waals surface area (Å²) in [5, 5.41) is 7.85.